The molecule has 0 spiro atoms. The molecular weight excluding hydrogens is 336 g/mol. The van der Waals surface area contributed by atoms with Crippen molar-refractivity contribution in [3.63, 3.8) is 0 Å². The van der Waals surface area contributed by atoms with Gasteiger partial charge in [-0.3, -0.25) is 4.79 Å². The molecule has 2 aromatic carbocycles. The third-order valence-electron chi connectivity index (χ3n) is 3.95. The molecule has 0 N–H and O–H groups in total. The molecule has 5 nitrogen and oxygen atoms in total. The van der Waals surface area contributed by atoms with Crippen molar-refractivity contribution in [2.45, 2.75) is 31.3 Å². The van der Waals surface area contributed by atoms with Crippen LogP contribution in [0.25, 0.3) is 0 Å². The number of carbonyl (C=O) groups is 1. The second kappa shape index (κ2) is 8.27. The molecule has 25 heavy (non-hydrogen) atoms. The molecule has 0 bridgehead atoms. The first-order valence-electron chi connectivity index (χ1n) is 8.17. The highest BCUT2D eigenvalue weighted by Gasteiger charge is 2.26. The Morgan fingerprint density at radius 3 is 2.00 bits per heavy atom. The number of amides is 1. The molecule has 1 amide bonds. The Bertz CT molecular complexity index is 790. The van der Waals surface area contributed by atoms with E-state index in [0.717, 1.165) is 9.87 Å². The minimum absolute atomic E-state index is 0.0273. The van der Waals surface area contributed by atoms with E-state index in [-0.39, 0.29) is 23.4 Å². The lowest BCUT2D eigenvalue weighted by atomic mass is 10.2. The molecule has 2 rings (SSSR count). The van der Waals surface area contributed by atoms with Gasteiger partial charge in [0.25, 0.3) is 0 Å². The number of rotatable bonds is 7. The number of hydrogen-bond donors (Lipinski definition) is 0. The van der Waals surface area contributed by atoms with Crippen LogP contribution in [0.4, 0.5) is 0 Å². The Labute approximate surface area is 149 Å². The van der Waals surface area contributed by atoms with E-state index in [9.17, 15) is 13.2 Å². The Balaban J connectivity index is 2.12. The van der Waals surface area contributed by atoms with Crippen LogP contribution in [-0.4, -0.2) is 43.2 Å². The summed E-state index contributed by atoms with van der Waals surface area (Å²) in [5, 5.41) is 0. The maximum absolute atomic E-state index is 12.7. The number of nitrogens with zero attached hydrogens (tertiary/aromatic N) is 2. The number of benzene rings is 2. The average Bonchev–Trinajstić information content (AvgIpc) is 2.60. The molecular formula is C19H24N2O3S. The van der Waals surface area contributed by atoms with Crippen LogP contribution < -0.4 is 0 Å². The van der Waals surface area contributed by atoms with E-state index in [1.165, 1.54) is 19.2 Å². The van der Waals surface area contributed by atoms with E-state index in [1.54, 1.807) is 23.1 Å². The second-order valence-electron chi connectivity index (χ2n) is 6.18. The summed E-state index contributed by atoms with van der Waals surface area (Å²) >= 11 is 0. The van der Waals surface area contributed by atoms with Gasteiger partial charge >= 0.3 is 0 Å². The quantitative estimate of drug-likeness (QED) is 0.763. The predicted molar refractivity (Wildman–Crippen MR) is 98.4 cm³/mol. The standard InChI is InChI=1S/C19H24N2O3S/c1-16(2)21(14-17-10-6-4-7-11-17)19(22)15-20(3)25(23,24)18-12-8-5-9-13-18/h4-13,16H,14-15H2,1-3H3. The van der Waals surface area contributed by atoms with Crippen LogP contribution in [0.1, 0.15) is 19.4 Å². The monoisotopic (exact) mass is 360 g/mol. The Morgan fingerprint density at radius 1 is 0.960 bits per heavy atom. The molecule has 0 atom stereocenters. The fourth-order valence-corrected chi connectivity index (χ4v) is 3.62. The molecule has 0 aliphatic rings. The minimum Gasteiger partial charge on any atom is -0.335 e. The zero-order valence-corrected chi connectivity index (χ0v) is 15.6. The Kier molecular flexibility index (Phi) is 6.33. The van der Waals surface area contributed by atoms with Gasteiger partial charge in [-0.05, 0) is 31.5 Å². The Morgan fingerprint density at radius 2 is 1.48 bits per heavy atom. The summed E-state index contributed by atoms with van der Waals surface area (Å²) in [7, 11) is -2.25. The van der Waals surface area contributed by atoms with Crippen LogP contribution in [0, 0.1) is 0 Å². The maximum Gasteiger partial charge on any atom is 0.243 e. The molecule has 0 saturated carbocycles. The largest absolute Gasteiger partial charge is 0.335 e. The molecule has 0 aliphatic carbocycles. The van der Waals surface area contributed by atoms with E-state index in [1.807, 2.05) is 44.2 Å². The van der Waals surface area contributed by atoms with Crippen molar-refractivity contribution in [1.29, 1.82) is 0 Å². The van der Waals surface area contributed by atoms with Crippen molar-refractivity contribution in [2.75, 3.05) is 13.6 Å². The lowest BCUT2D eigenvalue weighted by molar-refractivity contribution is -0.133. The summed E-state index contributed by atoms with van der Waals surface area (Å²) in [6.45, 7) is 4.11. The van der Waals surface area contributed by atoms with Gasteiger partial charge in [-0.2, -0.15) is 4.31 Å². The molecule has 6 heteroatoms. The van der Waals surface area contributed by atoms with Gasteiger partial charge in [-0.1, -0.05) is 48.5 Å². The predicted octanol–water partition coefficient (Wildman–Crippen LogP) is 2.74. The fourth-order valence-electron chi connectivity index (χ4n) is 2.48. The lowest BCUT2D eigenvalue weighted by Crippen LogP contribution is -2.43. The number of likely N-dealkylation sites (N-methyl/N-ethyl adjacent to an activating group) is 1. The highest BCUT2D eigenvalue weighted by Crippen LogP contribution is 2.15. The van der Waals surface area contributed by atoms with E-state index in [4.69, 9.17) is 0 Å². The molecule has 0 saturated heterocycles. The molecule has 0 aromatic heterocycles. The average molecular weight is 360 g/mol. The number of carbonyl (C=O) groups excluding carboxylic acids is 1. The fraction of sp³-hybridized carbons (Fsp3) is 0.316. The van der Waals surface area contributed by atoms with Crippen LogP contribution >= 0.6 is 0 Å². The third kappa shape index (κ3) is 4.90. The first-order valence-corrected chi connectivity index (χ1v) is 9.61. The van der Waals surface area contributed by atoms with Gasteiger partial charge in [0.1, 0.15) is 0 Å². The highest BCUT2D eigenvalue weighted by atomic mass is 32.2. The van der Waals surface area contributed by atoms with Crippen molar-refractivity contribution >= 4 is 15.9 Å². The molecule has 0 heterocycles. The van der Waals surface area contributed by atoms with Gasteiger partial charge in [0.15, 0.2) is 0 Å². The maximum atomic E-state index is 12.7. The van der Waals surface area contributed by atoms with Gasteiger partial charge in [-0.15, -0.1) is 0 Å². The second-order valence-corrected chi connectivity index (χ2v) is 8.22. The van der Waals surface area contributed by atoms with Gasteiger partial charge in [0.05, 0.1) is 11.4 Å². The topological polar surface area (TPSA) is 57.7 Å². The smallest absolute Gasteiger partial charge is 0.243 e. The number of sulfonamides is 1. The van der Waals surface area contributed by atoms with Gasteiger partial charge in [0, 0.05) is 19.6 Å². The molecule has 0 fully saturated rings. The van der Waals surface area contributed by atoms with Gasteiger partial charge in [0.2, 0.25) is 15.9 Å². The summed E-state index contributed by atoms with van der Waals surface area (Å²) in [6.07, 6.45) is 0. The van der Waals surface area contributed by atoms with Crippen LogP contribution in [0.2, 0.25) is 0 Å². The zero-order valence-electron chi connectivity index (χ0n) is 14.8. The minimum atomic E-state index is -3.68. The van der Waals surface area contributed by atoms with Gasteiger partial charge < -0.3 is 4.90 Å². The van der Waals surface area contributed by atoms with Crippen molar-refractivity contribution in [3.05, 3.63) is 66.2 Å². The first kappa shape index (κ1) is 19.1. The van der Waals surface area contributed by atoms with Crippen molar-refractivity contribution in [1.82, 2.24) is 9.21 Å². The summed E-state index contributed by atoms with van der Waals surface area (Å²) < 4.78 is 26.2. The van der Waals surface area contributed by atoms with Crippen LogP contribution in [0.3, 0.4) is 0 Å². The highest BCUT2D eigenvalue weighted by molar-refractivity contribution is 7.89. The zero-order chi connectivity index (χ0) is 18.4. The molecule has 0 unspecified atom stereocenters. The summed E-state index contributed by atoms with van der Waals surface area (Å²) in [4.78, 5) is 14.6. The molecule has 2 aromatic rings. The molecule has 0 radical (unpaired) electrons. The first-order chi connectivity index (χ1) is 11.8. The molecule has 0 aliphatic heterocycles. The SMILES string of the molecule is CC(C)N(Cc1ccccc1)C(=O)CN(C)S(=O)(=O)c1ccccc1. The van der Waals surface area contributed by atoms with E-state index < -0.39 is 10.0 Å². The van der Waals surface area contributed by atoms with E-state index in [0.29, 0.717) is 6.54 Å². The molecule has 134 valence electrons. The van der Waals surface area contributed by atoms with Crippen LogP contribution in [0.5, 0.6) is 0 Å². The van der Waals surface area contributed by atoms with Crippen LogP contribution in [0.15, 0.2) is 65.6 Å². The normalized spacial score (nSPS) is 11.7. The Hall–Kier alpha value is -2.18. The van der Waals surface area contributed by atoms with E-state index >= 15 is 0 Å². The lowest BCUT2D eigenvalue weighted by Gasteiger charge is -2.29. The van der Waals surface area contributed by atoms with Crippen molar-refractivity contribution in [2.24, 2.45) is 0 Å². The summed E-state index contributed by atoms with van der Waals surface area (Å²) in [5.74, 6) is -0.221. The van der Waals surface area contributed by atoms with E-state index in [2.05, 4.69) is 0 Å². The van der Waals surface area contributed by atoms with Crippen molar-refractivity contribution < 1.29 is 13.2 Å². The third-order valence-corrected chi connectivity index (χ3v) is 5.77. The summed E-state index contributed by atoms with van der Waals surface area (Å²) in [6, 6.07) is 17.8. The van der Waals surface area contributed by atoms with Crippen LogP contribution in [-0.2, 0) is 21.4 Å². The number of hydrogen-bond acceptors (Lipinski definition) is 3. The van der Waals surface area contributed by atoms with Crippen molar-refractivity contribution in [3.8, 4) is 0 Å². The van der Waals surface area contributed by atoms with Gasteiger partial charge in [-0.25, -0.2) is 8.42 Å². The summed E-state index contributed by atoms with van der Waals surface area (Å²) in [5.41, 5.74) is 1.01.